The molecule has 1 aromatic heterocycles. The number of amides is 1. The van der Waals surface area contributed by atoms with Crippen LogP contribution in [0.15, 0.2) is 17.5 Å². The number of carbonyl (C=O) groups is 1. The summed E-state index contributed by atoms with van der Waals surface area (Å²) in [5.41, 5.74) is 0. The Bertz CT molecular complexity index is 365. The average Bonchev–Trinajstić information content (AvgIpc) is 2.88. The molecule has 1 aliphatic heterocycles. The van der Waals surface area contributed by atoms with Gasteiger partial charge in [-0.2, -0.15) is 0 Å². The van der Waals surface area contributed by atoms with Gasteiger partial charge in [0.25, 0.3) is 0 Å². The molecule has 17 heavy (non-hydrogen) atoms. The lowest BCUT2D eigenvalue weighted by Crippen LogP contribution is -2.33. The molecule has 1 atom stereocenters. The predicted octanol–water partition coefficient (Wildman–Crippen LogP) is 1.60. The third kappa shape index (κ3) is 3.06. The van der Waals surface area contributed by atoms with Crippen molar-refractivity contribution in [3.05, 3.63) is 22.4 Å². The van der Waals surface area contributed by atoms with Crippen molar-refractivity contribution in [3.63, 3.8) is 0 Å². The highest BCUT2D eigenvalue weighted by atomic mass is 32.1. The fraction of sp³-hybridized carbons (Fsp3) is 0.583. The second-order valence-electron chi connectivity index (χ2n) is 4.31. The number of hydrogen-bond acceptors (Lipinski definition) is 4. The van der Waals surface area contributed by atoms with Gasteiger partial charge >= 0.3 is 0 Å². The Morgan fingerprint density at radius 3 is 3.12 bits per heavy atom. The van der Waals surface area contributed by atoms with E-state index in [0.29, 0.717) is 19.7 Å². The SMILES string of the molecule is CC(C)OCCN1C(=O)CNC1c1cccs1. The van der Waals surface area contributed by atoms with Crippen LogP contribution in [0.5, 0.6) is 0 Å². The van der Waals surface area contributed by atoms with Gasteiger partial charge in [0.2, 0.25) is 5.91 Å². The van der Waals surface area contributed by atoms with Gasteiger partial charge in [0, 0.05) is 11.4 Å². The largest absolute Gasteiger partial charge is 0.377 e. The second-order valence-corrected chi connectivity index (χ2v) is 5.28. The second kappa shape index (κ2) is 5.62. The number of ether oxygens (including phenoxy) is 1. The van der Waals surface area contributed by atoms with Gasteiger partial charge in [0.15, 0.2) is 0 Å². The van der Waals surface area contributed by atoms with E-state index < -0.39 is 0 Å². The minimum atomic E-state index is 0.0262. The Balaban J connectivity index is 1.95. The molecule has 94 valence electrons. The molecule has 1 saturated heterocycles. The van der Waals surface area contributed by atoms with Crippen LogP contribution in [0.4, 0.5) is 0 Å². The summed E-state index contributed by atoms with van der Waals surface area (Å²) in [6.07, 6.45) is 0.235. The van der Waals surface area contributed by atoms with Gasteiger partial charge in [-0.3, -0.25) is 10.1 Å². The molecule has 1 aliphatic rings. The summed E-state index contributed by atoms with van der Waals surface area (Å²) < 4.78 is 5.50. The number of rotatable bonds is 5. The van der Waals surface area contributed by atoms with E-state index in [1.54, 1.807) is 11.3 Å². The Morgan fingerprint density at radius 2 is 2.47 bits per heavy atom. The van der Waals surface area contributed by atoms with Crippen LogP contribution in [0.25, 0.3) is 0 Å². The molecule has 4 nitrogen and oxygen atoms in total. The first-order valence-electron chi connectivity index (χ1n) is 5.86. The summed E-state index contributed by atoms with van der Waals surface area (Å²) in [4.78, 5) is 14.8. The highest BCUT2D eigenvalue weighted by Crippen LogP contribution is 2.25. The maximum atomic E-state index is 11.8. The van der Waals surface area contributed by atoms with E-state index in [4.69, 9.17) is 4.74 Å². The van der Waals surface area contributed by atoms with E-state index >= 15 is 0 Å². The molecule has 0 aliphatic carbocycles. The fourth-order valence-corrected chi connectivity index (χ4v) is 2.69. The van der Waals surface area contributed by atoms with E-state index in [-0.39, 0.29) is 18.2 Å². The van der Waals surface area contributed by atoms with Gasteiger partial charge in [-0.15, -0.1) is 11.3 Å². The van der Waals surface area contributed by atoms with Crippen LogP contribution in [0.3, 0.4) is 0 Å². The van der Waals surface area contributed by atoms with Crippen LogP contribution in [-0.4, -0.2) is 36.6 Å². The lowest BCUT2D eigenvalue weighted by molar-refractivity contribution is -0.129. The third-order valence-corrected chi connectivity index (χ3v) is 3.60. The molecule has 1 unspecified atom stereocenters. The maximum Gasteiger partial charge on any atom is 0.238 e. The Kier molecular flexibility index (Phi) is 4.15. The van der Waals surface area contributed by atoms with Crippen LogP contribution < -0.4 is 5.32 Å². The molecular formula is C12H18N2O2S. The fourth-order valence-electron chi connectivity index (χ4n) is 1.88. The van der Waals surface area contributed by atoms with E-state index in [9.17, 15) is 4.79 Å². The van der Waals surface area contributed by atoms with Gasteiger partial charge in [-0.25, -0.2) is 0 Å². The summed E-state index contributed by atoms with van der Waals surface area (Å²) in [5.74, 6) is 0.149. The van der Waals surface area contributed by atoms with Gasteiger partial charge in [0.1, 0.15) is 6.17 Å². The van der Waals surface area contributed by atoms with Crippen LogP contribution in [0, 0.1) is 0 Å². The topological polar surface area (TPSA) is 41.6 Å². The van der Waals surface area contributed by atoms with E-state index in [1.165, 1.54) is 4.88 Å². The van der Waals surface area contributed by atoms with E-state index in [2.05, 4.69) is 11.4 Å². The zero-order valence-electron chi connectivity index (χ0n) is 10.2. The number of nitrogens with zero attached hydrogens (tertiary/aromatic N) is 1. The molecule has 0 radical (unpaired) electrons. The summed E-state index contributed by atoms with van der Waals surface area (Å²) in [6, 6.07) is 4.06. The predicted molar refractivity (Wildman–Crippen MR) is 67.9 cm³/mol. The first-order chi connectivity index (χ1) is 8.18. The van der Waals surface area contributed by atoms with Crippen molar-refractivity contribution < 1.29 is 9.53 Å². The number of thiophene rings is 1. The van der Waals surface area contributed by atoms with Gasteiger partial charge < -0.3 is 9.64 Å². The summed E-state index contributed by atoms with van der Waals surface area (Å²) >= 11 is 1.67. The van der Waals surface area contributed by atoms with Crippen LogP contribution >= 0.6 is 11.3 Å². The highest BCUT2D eigenvalue weighted by molar-refractivity contribution is 7.10. The number of carbonyl (C=O) groups excluding carboxylic acids is 1. The molecule has 2 heterocycles. The Hall–Kier alpha value is -0.910. The molecule has 0 bridgehead atoms. The lowest BCUT2D eigenvalue weighted by Gasteiger charge is -2.23. The molecule has 0 saturated carbocycles. The average molecular weight is 254 g/mol. The molecule has 1 N–H and O–H groups in total. The first-order valence-corrected chi connectivity index (χ1v) is 6.74. The molecule has 1 amide bonds. The lowest BCUT2D eigenvalue weighted by atomic mass is 10.3. The molecule has 2 rings (SSSR count). The molecule has 0 aromatic carbocycles. The highest BCUT2D eigenvalue weighted by Gasteiger charge is 2.31. The zero-order chi connectivity index (χ0) is 12.3. The van der Waals surface area contributed by atoms with Crippen molar-refractivity contribution >= 4 is 17.2 Å². The molecule has 5 heteroatoms. The standard InChI is InChI=1S/C12H18N2O2S/c1-9(2)16-6-5-14-11(15)8-13-12(14)10-4-3-7-17-10/h3-4,7,9,12-13H,5-6,8H2,1-2H3. The van der Waals surface area contributed by atoms with Crippen LogP contribution in [0.2, 0.25) is 0 Å². The smallest absolute Gasteiger partial charge is 0.238 e. The Labute approximate surface area is 106 Å². The van der Waals surface area contributed by atoms with Crippen LogP contribution in [-0.2, 0) is 9.53 Å². The van der Waals surface area contributed by atoms with Crippen molar-refractivity contribution in [1.29, 1.82) is 0 Å². The Morgan fingerprint density at radius 1 is 1.65 bits per heavy atom. The zero-order valence-corrected chi connectivity index (χ0v) is 11.0. The van der Waals surface area contributed by atoms with E-state index in [1.807, 2.05) is 30.2 Å². The molecule has 0 spiro atoms. The van der Waals surface area contributed by atoms with Gasteiger partial charge in [0.05, 0.1) is 19.3 Å². The van der Waals surface area contributed by atoms with Crippen molar-refractivity contribution in [2.75, 3.05) is 19.7 Å². The first kappa shape index (κ1) is 12.5. The van der Waals surface area contributed by atoms with Gasteiger partial charge in [-0.05, 0) is 25.3 Å². The van der Waals surface area contributed by atoms with Crippen molar-refractivity contribution in [1.82, 2.24) is 10.2 Å². The summed E-state index contributed by atoms with van der Waals surface area (Å²) in [6.45, 7) is 5.66. The van der Waals surface area contributed by atoms with Crippen LogP contribution in [0.1, 0.15) is 24.9 Å². The molecular weight excluding hydrogens is 236 g/mol. The number of hydrogen-bond donors (Lipinski definition) is 1. The maximum absolute atomic E-state index is 11.8. The third-order valence-electron chi connectivity index (χ3n) is 2.67. The minimum Gasteiger partial charge on any atom is -0.377 e. The van der Waals surface area contributed by atoms with Crippen molar-refractivity contribution in [2.45, 2.75) is 26.1 Å². The minimum absolute atomic E-state index is 0.0262. The normalized spacial score (nSPS) is 20.5. The summed E-state index contributed by atoms with van der Waals surface area (Å²) in [5, 5.41) is 5.26. The molecule has 1 fully saturated rings. The van der Waals surface area contributed by atoms with Crippen molar-refractivity contribution in [2.24, 2.45) is 0 Å². The van der Waals surface area contributed by atoms with E-state index in [0.717, 1.165) is 0 Å². The quantitative estimate of drug-likeness (QED) is 0.868. The summed E-state index contributed by atoms with van der Waals surface area (Å²) in [7, 11) is 0. The van der Waals surface area contributed by atoms with Gasteiger partial charge in [-0.1, -0.05) is 6.07 Å². The number of nitrogens with one attached hydrogen (secondary N) is 1. The monoisotopic (exact) mass is 254 g/mol. The van der Waals surface area contributed by atoms with Crippen molar-refractivity contribution in [3.8, 4) is 0 Å². The molecule has 1 aromatic rings.